The van der Waals surface area contributed by atoms with Crippen molar-refractivity contribution in [2.24, 2.45) is 56.2 Å². The van der Waals surface area contributed by atoms with Crippen molar-refractivity contribution in [3.05, 3.63) is 130 Å². The van der Waals surface area contributed by atoms with Crippen LogP contribution < -0.4 is 60.4 Å². The number of phenols is 1. The number of aliphatic imine (C=N–C) groups is 2. The van der Waals surface area contributed by atoms with Gasteiger partial charge in [0, 0.05) is 25.9 Å². The van der Waals surface area contributed by atoms with Gasteiger partial charge in [-0.2, -0.15) is 0 Å². The summed E-state index contributed by atoms with van der Waals surface area (Å²) < 4.78 is 5.90. The van der Waals surface area contributed by atoms with Gasteiger partial charge in [-0.1, -0.05) is 100 Å². The molecule has 6 amide bonds. The Hall–Kier alpha value is -7.87. The van der Waals surface area contributed by atoms with Crippen LogP contribution in [0.4, 0.5) is 0 Å². The molecule has 20 nitrogen and oxygen atoms in total. The molecule has 0 saturated carbocycles. The van der Waals surface area contributed by atoms with E-state index in [0.29, 0.717) is 37.0 Å². The number of nitrogens with zero attached hydrogens (tertiary/aromatic N) is 2. The molecule has 0 aliphatic rings. The number of nitrogens with one attached hydrogen (secondary N) is 4. The Labute approximate surface area is 484 Å². The van der Waals surface area contributed by atoms with Gasteiger partial charge in [-0.15, -0.1) is 12.4 Å². The van der Waals surface area contributed by atoms with E-state index in [1.807, 2.05) is 93.6 Å². The van der Waals surface area contributed by atoms with Crippen LogP contribution in [0.25, 0.3) is 0 Å². The van der Waals surface area contributed by atoms with Crippen LogP contribution in [0.2, 0.25) is 0 Å². The largest absolute Gasteiger partial charge is 0.508 e. The summed E-state index contributed by atoms with van der Waals surface area (Å²) in [4.78, 5) is 85.2. The van der Waals surface area contributed by atoms with Crippen molar-refractivity contribution in [1.82, 2.24) is 21.3 Å². The fourth-order valence-electron chi connectivity index (χ4n) is 8.42. The van der Waals surface area contributed by atoms with Crippen molar-refractivity contribution in [1.29, 1.82) is 0 Å². The topological polar surface area (TPSA) is 361 Å². The zero-order valence-corrected chi connectivity index (χ0v) is 49.3. The van der Waals surface area contributed by atoms with E-state index in [9.17, 15) is 33.9 Å². The zero-order valence-electron chi connectivity index (χ0n) is 48.5. The molecule has 17 N–H and O–H groups in total. The summed E-state index contributed by atoms with van der Waals surface area (Å²) in [7, 11) is 0. The summed E-state index contributed by atoms with van der Waals surface area (Å²) in [6.07, 6.45) is 3.59. The lowest BCUT2D eigenvalue weighted by atomic mass is 9.95. The number of hydrogen-bond acceptors (Lipinski definition) is 10. The number of guanidine groups is 2. The monoisotopic (exact) mass is 1140 g/mol. The molecule has 4 aromatic rings. The molecule has 444 valence electrons. The number of primary amides is 2. The van der Waals surface area contributed by atoms with Crippen molar-refractivity contribution in [3.63, 3.8) is 0 Å². The smallest absolute Gasteiger partial charge is 0.243 e. The summed E-state index contributed by atoms with van der Waals surface area (Å²) in [5, 5.41) is 20.7. The number of carbonyl (C=O) groups is 6. The van der Waals surface area contributed by atoms with Gasteiger partial charge in [0.2, 0.25) is 35.4 Å². The maximum Gasteiger partial charge on any atom is 0.243 e. The fourth-order valence-corrected chi connectivity index (χ4v) is 8.42. The van der Waals surface area contributed by atoms with Gasteiger partial charge in [0.15, 0.2) is 11.9 Å². The first kappa shape index (κ1) is 69.2. The van der Waals surface area contributed by atoms with Crippen LogP contribution in [-0.4, -0.2) is 95.3 Å². The van der Waals surface area contributed by atoms with Crippen molar-refractivity contribution in [2.45, 2.75) is 155 Å². The van der Waals surface area contributed by atoms with Gasteiger partial charge in [-0.3, -0.25) is 38.8 Å². The molecule has 21 heteroatoms. The maximum atomic E-state index is 13.5. The molecule has 6 atom stereocenters. The molecule has 4 rings (SSSR count). The van der Waals surface area contributed by atoms with Crippen LogP contribution in [0, 0.1) is 11.8 Å². The number of ether oxygens (including phenoxy) is 1. The van der Waals surface area contributed by atoms with Crippen molar-refractivity contribution in [2.75, 3.05) is 13.1 Å². The summed E-state index contributed by atoms with van der Waals surface area (Å²) >= 11 is 0. The van der Waals surface area contributed by atoms with Gasteiger partial charge in [0.05, 0.1) is 11.8 Å². The number of amides is 6. The maximum absolute atomic E-state index is 13.5. The second-order valence-corrected chi connectivity index (χ2v) is 22.0. The number of aromatic hydroxyl groups is 1. The van der Waals surface area contributed by atoms with Gasteiger partial charge >= 0.3 is 0 Å². The number of rotatable bonds is 29. The van der Waals surface area contributed by atoms with E-state index < -0.39 is 59.6 Å². The van der Waals surface area contributed by atoms with Crippen molar-refractivity contribution < 1.29 is 38.6 Å². The second kappa shape index (κ2) is 34.3. The first-order valence-electron chi connectivity index (χ1n) is 27.2. The number of nitrogens with two attached hydrogens (primary N) is 6. The van der Waals surface area contributed by atoms with E-state index in [-0.39, 0.29) is 79.7 Å². The predicted octanol–water partition coefficient (Wildman–Crippen LogP) is 4.78. The standard InChI is InChI=1S/C32H48N6O4.C28H40N6O4.ClH/c1-20(2)18-22-9-13-24(14-10-22)21(3)29(40)38-27(19-23-11-15-25(16-12-23)42-32(4,5)6)30(41)37-26(28(33)39)8-7-17-36-31(34)35;1-17(2)15-19-6-10-21(11-7-19)18(3)26(37)34-24(16-20-8-12-22(35)13-9-20)27(38)33-23(25(29)36)5-4-14-32-28(30)31;/h9-16,20-21,26-27H,7-8,17-19H2,1-6H3,(H2,33,39)(H,37,41)(H,38,40)(H4,34,35,36);6-13,17-18,23-24,35H,4-5,14-16H2,1-3H3,(H2,29,36)(H,33,38)(H,34,37)(H4,30,31,32);1H. The van der Waals surface area contributed by atoms with E-state index in [4.69, 9.17) is 39.1 Å². The van der Waals surface area contributed by atoms with Crippen LogP contribution in [0.1, 0.15) is 133 Å². The minimum atomic E-state index is -0.978. The molecule has 81 heavy (non-hydrogen) atoms. The van der Waals surface area contributed by atoms with E-state index in [2.05, 4.69) is 58.9 Å². The Balaban J connectivity index is 0.000000549. The fraction of sp³-hybridized carbons (Fsp3) is 0.467. The molecule has 0 radical (unpaired) electrons. The molecule has 0 aliphatic carbocycles. The van der Waals surface area contributed by atoms with Crippen LogP contribution in [-0.2, 0) is 54.5 Å². The van der Waals surface area contributed by atoms with Gasteiger partial charge in [-0.25, -0.2) is 0 Å². The number of hydrogen-bond donors (Lipinski definition) is 11. The number of halogens is 1. The third-order valence-corrected chi connectivity index (χ3v) is 12.7. The second-order valence-electron chi connectivity index (χ2n) is 22.0. The number of carbonyl (C=O) groups excluding carboxylic acids is 6. The van der Waals surface area contributed by atoms with Gasteiger partial charge in [0.1, 0.15) is 41.3 Å². The normalized spacial score (nSPS) is 13.2. The highest BCUT2D eigenvalue weighted by Gasteiger charge is 2.30. The number of phenolic OH excluding ortho intramolecular Hbond substituents is 1. The van der Waals surface area contributed by atoms with Crippen molar-refractivity contribution >= 4 is 59.8 Å². The Bertz CT molecular complexity index is 2670. The summed E-state index contributed by atoms with van der Waals surface area (Å²) in [5.41, 5.74) is 37.7. The molecular weight excluding hydrogens is 1050 g/mol. The quantitative estimate of drug-likeness (QED) is 0.0199. The third kappa shape index (κ3) is 26.8. The Morgan fingerprint density at radius 2 is 0.778 bits per heavy atom. The van der Waals surface area contributed by atoms with Crippen molar-refractivity contribution in [3.8, 4) is 11.5 Å². The van der Waals surface area contributed by atoms with Gasteiger partial charge in [0.25, 0.3) is 0 Å². The molecule has 0 aromatic heterocycles. The van der Waals surface area contributed by atoms with Crippen LogP contribution >= 0.6 is 12.4 Å². The van der Waals surface area contributed by atoms with E-state index in [0.717, 1.165) is 35.1 Å². The lowest BCUT2D eigenvalue weighted by molar-refractivity contribution is -0.131. The molecule has 0 aliphatic heterocycles. The van der Waals surface area contributed by atoms with E-state index >= 15 is 0 Å². The Kier molecular flexibility index (Phi) is 29.3. The molecular formula is C60H89ClN12O8. The molecule has 0 fully saturated rings. The average Bonchev–Trinajstić information content (AvgIpc) is 3.37. The lowest BCUT2D eigenvalue weighted by Crippen LogP contribution is -2.54. The lowest BCUT2D eigenvalue weighted by Gasteiger charge is -2.24. The Morgan fingerprint density at radius 3 is 1.09 bits per heavy atom. The first-order chi connectivity index (χ1) is 37.6. The zero-order chi connectivity index (χ0) is 59.7. The van der Waals surface area contributed by atoms with Crippen LogP contribution in [0.3, 0.4) is 0 Å². The summed E-state index contributed by atoms with van der Waals surface area (Å²) in [6.45, 7) is 18.6. The predicted molar refractivity (Wildman–Crippen MR) is 322 cm³/mol. The first-order valence-corrected chi connectivity index (χ1v) is 27.2. The van der Waals surface area contributed by atoms with E-state index in [1.165, 1.54) is 23.3 Å². The minimum absolute atomic E-state index is 0. The Morgan fingerprint density at radius 1 is 0.469 bits per heavy atom. The molecule has 0 spiro atoms. The summed E-state index contributed by atoms with van der Waals surface area (Å²) in [6, 6.07) is 25.7. The third-order valence-electron chi connectivity index (χ3n) is 12.7. The highest BCUT2D eigenvalue weighted by Crippen LogP contribution is 2.23. The number of benzene rings is 4. The van der Waals surface area contributed by atoms with Crippen LogP contribution in [0.15, 0.2) is 107 Å². The molecule has 6 unspecified atom stereocenters. The van der Waals surface area contributed by atoms with Crippen LogP contribution in [0.5, 0.6) is 11.5 Å². The van der Waals surface area contributed by atoms with E-state index in [1.54, 1.807) is 26.0 Å². The molecule has 0 heterocycles. The molecule has 4 aromatic carbocycles. The van der Waals surface area contributed by atoms with Gasteiger partial charge < -0.3 is 65.5 Å². The van der Waals surface area contributed by atoms with Gasteiger partial charge in [-0.05, 0) is 143 Å². The summed E-state index contributed by atoms with van der Waals surface area (Å²) in [5.74, 6) is -2.37. The minimum Gasteiger partial charge on any atom is -0.508 e. The highest BCUT2D eigenvalue weighted by atomic mass is 35.5. The molecule has 0 saturated heterocycles. The molecule has 0 bridgehead atoms. The SMILES string of the molecule is CC(C)Cc1ccc(C(C)C(=O)NC(Cc2ccc(O)cc2)C(=O)NC(CCCN=C(N)N)C(N)=O)cc1.CC(C)Cc1ccc(C(C)C(=O)NC(Cc2ccc(OC(C)(C)C)cc2)C(=O)NC(CCCN=C(N)N)C(N)=O)cc1.Cl. The highest BCUT2D eigenvalue weighted by molar-refractivity contribution is 5.94. The average molecular weight is 1140 g/mol.